The molecule has 0 aliphatic carbocycles. The molecule has 0 amide bonds. The molecule has 4 nitrogen and oxygen atoms in total. The van der Waals surface area contributed by atoms with Crippen LogP contribution >= 0.6 is 24.8 Å². The minimum atomic E-state index is -0.707. The van der Waals surface area contributed by atoms with Gasteiger partial charge in [-0.25, -0.2) is 0 Å². The third-order valence-corrected chi connectivity index (χ3v) is 2.65. The molecule has 3 N–H and O–H groups in total. The number of aliphatic carboxylic acids is 1. The van der Waals surface area contributed by atoms with E-state index in [0.717, 1.165) is 19.5 Å². The van der Waals surface area contributed by atoms with Crippen LogP contribution in [0.3, 0.4) is 0 Å². The molecular formula is C7H14Cl2N2O2. The highest BCUT2D eigenvalue weighted by Crippen LogP contribution is 2.24. The molecule has 0 aromatic carbocycles. The summed E-state index contributed by atoms with van der Waals surface area (Å²) in [7, 11) is 0. The highest BCUT2D eigenvalue weighted by molar-refractivity contribution is 5.85. The molecule has 2 fully saturated rings. The summed E-state index contributed by atoms with van der Waals surface area (Å²) >= 11 is 0. The third-order valence-electron chi connectivity index (χ3n) is 2.65. The molecule has 0 aromatic rings. The minimum absolute atomic E-state index is 0. The highest BCUT2D eigenvalue weighted by Gasteiger charge is 2.42. The Morgan fingerprint density at radius 3 is 2.62 bits per heavy atom. The van der Waals surface area contributed by atoms with E-state index in [0.29, 0.717) is 12.0 Å². The van der Waals surface area contributed by atoms with Gasteiger partial charge in [0.1, 0.15) is 6.04 Å². The van der Waals surface area contributed by atoms with Gasteiger partial charge in [0.25, 0.3) is 0 Å². The fraction of sp³-hybridized carbons (Fsp3) is 0.857. The van der Waals surface area contributed by atoms with Crippen LogP contribution in [0.25, 0.3) is 0 Å². The van der Waals surface area contributed by atoms with Crippen molar-refractivity contribution in [1.29, 1.82) is 0 Å². The van der Waals surface area contributed by atoms with Crippen LogP contribution in [0.15, 0.2) is 0 Å². The van der Waals surface area contributed by atoms with Crippen molar-refractivity contribution in [1.82, 2.24) is 10.6 Å². The molecule has 6 heteroatoms. The first-order valence-corrected chi connectivity index (χ1v) is 3.98. The molecule has 2 heterocycles. The lowest BCUT2D eigenvalue weighted by Crippen LogP contribution is -2.35. The van der Waals surface area contributed by atoms with Gasteiger partial charge < -0.3 is 15.7 Å². The molecule has 2 saturated heterocycles. The molecule has 3 unspecified atom stereocenters. The maximum absolute atomic E-state index is 10.7. The second kappa shape index (κ2) is 5.00. The van der Waals surface area contributed by atoms with Gasteiger partial charge in [-0.2, -0.15) is 0 Å². The molecule has 13 heavy (non-hydrogen) atoms. The molecule has 0 saturated carbocycles. The van der Waals surface area contributed by atoms with Gasteiger partial charge in [0.15, 0.2) is 0 Å². The van der Waals surface area contributed by atoms with Crippen LogP contribution in [-0.2, 0) is 4.79 Å². The van der Waals surface area contributed by atoms with E-state index in [1.807, 2.05) is 0 Å². The summed E-state index contributed by atoms with van der Waals surface area (Å²) in [5.74, 6) is -0.395. The first kappa shape index (κ1) is 13.0. The largest absolute Gasteiger partial charge is 0.480 e. The predicted octanol–water partition coefficient (Wildman–Crippen LogP) is -0.136. The summed E-state index contributed by atoms with van der Waals surface area (Å²) in [6.45, 7) is 1.78. The Hall–Kier alpha value is -0.0300. The maximum atomic E-state index is 10.7. The molecule has 0 aromatic heterocycles. The van der Waals surface area contributed by atoms with Crippen LogP contribution in [0.4, 0.5) is 0 Å². The standard InChI is InChI=1S/C7H12N2O2.2ClH/c10-7(11)6-4-1-2-8-5(4)3-9-6;;/h4-6,8-9H,1-3H2,(H,10,11);2*1H. The number of carboxylic acids is 1. The van der Waals surface area contributed by atoms with E-state index in [2.05, 4.69) is 10.6 Å². The first-order chi connectivity index (χ1) is 5.29. The van der Waals surface area contributed by atoms with E-state index in [4.69, 9.17) is 5.11 Å². The number of carbonyl (C=O) groups is 1. The van der Waals surface area contributed by atoms with Crippen molar-refractivity contribution in [2.24, 2.45) is 5.92 Å². The van der Waals surface area contributed by atoms with Crippen molar-refractivity contribution in [2.75, 3.05) is 13.1 Å². The van der Waals surface area contributed by atoms with E-state index in [1.54, 1.807) is 0 Å². The average molecular weight is 229 g/mol. The number of halogens is 2. The monoisotopic (exact) mass is 228 g/mol. The molecule has 0 bridgehead atoms. The Bertz CT molecular complexity index is 191. The molecule has 78 valence electrons. The van der Waals surface area contributed by atoms with Crippen LogP contribution in [0.2, 0.25) is 0 Å². The van der Waals surface area contributed by atoms with Gasteiger partial charge >= 0.3 is 5.97 Å². The number of carboxylic acid groups (broad SMARTS) is 1. The quantitative estimate of drug-likeness (QED) is 0.586. The Morgan fingerprint density at radius 1 is 1.31 bits per heavy atom. The van der Waals surface area contributed by atoms with Crippen molar-refractivity contribution < 1.29 is 9.90 Å². The number of hydrogen-bond donors (Lipinski definition) is 3. The summed E-state index contributed by atoms with van der Waals surface area (Å²) in [5.41, 5.74) is 0. The molecule has 2 rings (SSSR count). The summed E-state index contributed by atoms with van der Waals surface area (Å²) in [6.07, 6.45) is 0.995. The lowest BCUT2D eigenvalue weighted by atomic mass is 9.97. The summed E-state index contributed by atoms with van der Waals surface area (Å²) in [4.78, 5) is 10.7. The molecule has 2 aliphatic heterocycles. The Balaban J connectivity index is 0.000000720. The highest BCUT2D eigenvalue weighted by atomic mass is 35.5. The van der Waals surface area contributed by atoms with Crippen molar-refractivity contribution in [3.63, 3.8) is 0 Å². The second-order valence-corrected chi connectivity index (χ2v) is 3.24. The normalized spacial score (nSPS) is 35.8. The molecule has 0 spiro atoms. The summed E-state index contributed by atoms with van der Waals surface area (Å²) in [5, 5.41) is 15.0. The van der Waals surface area contributed by atoms with Gasteiger partial charge in [-0.3, -0.25) is 4.79 Å². The SMILES string of the molecule is Cl.Cl.O=C(O)C1NCC2NCCC21. The Morgan fingerprint density at radius 2 is 2.00 bits per heavy atom. The van der Waals surface area contributed by atoms with E-state index in [1.165, 1.54) is 0 Å². The summed E-state index contributed by atoms with van der Waals surface area (Å²) < 4.78 is 0. The van der Waals surface area contributed by atoms with E-state index in [-0.39, 0.29) is 30.9 Å². The number of fused-ring (bicyclic) bond motifs is 1. The fourth-order valence-electron chi connectivity index (χ4n) is 2.09. The number of hydrogen-bond acceptors (Lipinski definition) is 3. The van der Waals surface area contributed by atoms with Crippen LogP contribution < -0.4 is 10.6 Å². The van der Waals surface area contributed by atoms with Gasteiger partial charge in [0.2, 0.25) is 0 Å². The van der Waals surface area contributed by atoms with Crippen LogP contribution in [0.5, 0.6) is 0 Å². The van der Waals surface area contributed by atoms with Gasteiger partial charge in [0.05, 0.1) is 0 Å². The Kier molecular flexibility index (Phi) is 4.99. The van der Waals surface area contributed by atoms with Crippen molar-refractivity contribution in [3.8, 4) is 0 Å². The zero-order valence-electron chi connectivity index (χ0n) is 7.03. The lowest BCUT2D eigenvalue weighted by Gasteiger charge is -2.11. The number of nitrogens with one attached hydrogen (secondary N) is 2. The molecule has 3 atom stereocenters. The maximum Gasteiger partial charge on any atom is 0.321 e. The van der Waals surface area contributed by atoms with Crippen LogP contribution in [0, 0.1) is 5.92 Å². The molecular weight excluding hydrogens is 215 g/mol. The van der Waals surface area contributed by atoms with Crippen LogP contribution in [0.1, 0.15) is 6.42 Å². The minimum Gasteiger partial charge on any atom is -0.480 e. The van der Waals surface area contributed by atoms with Crippen molar-refractivity contribution in [3.05, 3.63) is 0 Å². The third kappa shape index (κ3) is 2.26. The van der Waals surface area contributed by atoms with E-state index < -0.39 is 5.97 Å². The van der Waals surface area contributed by atoms with Crippen LogP contribution in [-0.4, -0.2) is 36.2 Å². The topological polar surface area (TPSA) is 61.4 Å². The zero-order valence-corrected chi connectivity index (χ0v) is 8.66. The van der Waals surface area contributed by atoms with Crippen molar-refractivity contribution >= 4 is 30.8 Å². The van der Waals surface area contributed by atoms with Gasteiger partial charge in [-0.05, 0) is 13.0 Å². The van der Waals surface area contributed by atoms with Crippen molar-refractivity contribution in [2.45, 2.75) is 18.5 Å². The Labute approximate surface area is 89.3 Å². The average Bonchev–Trinajstić information content (AvgIpc) is 2.41. The van der Waals surface area contributed by atoms with E-state index >= 15 is 0 Å². The van der Waals surface area contributed by atoms with Gasteiger partial charge in [-0.15, -0.1) is 24.8 Å². The zero-order chi connectivity index (χ0) is 7.84. The van der Waals surface area contributed by atoms with E-state index in [9.17, 15) is 4.79 Å². The smallest absolute Gasteiger partial charge is 0.321 e. The second-order valence-electron chi connectivity index (χ2n) is 3.24. The van der Waals surface area contributed by atoms with Gasteiger partial charge in [0, 0.05) is 18.5 Å². The van der Waals surface area contributed by atoms with Gasteiger partial charge in [-0.1, -0.05) is 0 Å². The molecule has 0 radical (unpaired) electrons. The molecule has 2 aliphatic rings. The first-order valence-electron chi connectivity index (χ1n) is 3.98. The summed E-state index contributed by atoms with van der Waals surface area (Å²) in [6, 6.07) is 0.0890. The predicted molar refractivity (Wildman–Crippen MR) is 53.8 cm³/mol. The lowest BCUT2D eigenvalue weighted by molar-refractivity contribution is -0.140. The fourth-order valence-corrected chi connectivity index (χ4v) is 2.09. The number of rotatable bonds is 1.